The molecule has 0 amide bonds. The first-order chi connectivity index (χ1) is 6.61. The normalized spacial score (nSPS) is 10.9. The van der Waals surface area contributed by atoms with Gasteiger partial charge in [0.1, 0.15) is 0 Å². The molecule has 1 heterocycles. The smallest absolute Gasteiger partial charge is 0.273 e. The summed E-state index contributed by atoms with van der Waals surface area (Å²) < 4.78 is 0. The molecule has 0 aliphatic heterocycles. The van der Waals surface area contributed by atoms with Crippen molar-refractivity contribution in [3.05, 3.63) is 22.1 Å². The Kier molecular flexibility index (Phi) is 4.20. The number of hydrogen-bond acceptors (Lipinski definition) is 3. The average Bonchev–Trinajstić information content (AvgIpc) is 2.01. The van der Waals surface area contributed by atoms with E-state index < -0.39 is 0 Å². The predicted molar refractivity (Wildman–Crippen MR) is 59.8 cm³/mol. The monoisotopic (exact) mass is 212 g/mol. The summed E-state index contributed by atoms with van der Waals surface area (Å²) in [6, 6.07) is 1.58. The second kappa shape index (κ2) is 5.20. The lowest BCUT2D eigenvalue weighted by atomic mass is 10.2. The largest absolute Gasteiger partial charge is 0.338 e. The maximum Gasteiger partial charge on any atom is 0.273 e. The van der Waals surface area contributed by atoms with Crippen LogP contribution < -0.4 is 5.56 Å². The number of H-pyrrole nitrogens is 1. The molecule has 0 radical (unpaired) electrons. The molecule has 78 valence electrons. The van der Waals surface area contributed by atoms with Crippen molar-refractivity contribution in [3.8, 4) is 0 Å². The van der Waals surface area contributed by atoms with Crippen molar-refractivity contribution in [3.63, 3.8) is 0 Å². The van der Waals surface area contributed by atoms with Crippen LogP contribution in [0.25, 0.3) is 0 Å². The maximum atomic E-state index is 11.2. The molecule has 0 spiro atoms. The zero-order valence-electron chi connectivity index (χ0n) is 8.83. The highest BCUT2D eigenvalue weighted by Gasteiger charge is 2.03. The van der Waals surface area contributed by atoms with Gasteiger partial charge in [0.05, 0.1) is 0 Å². The minimum absolute atomic E-state index is 0.143. The second-order valence-corrected chi connectivity index (χ2v) is 5.03. The molecule has 0 aliphatic rings. The van der Waals surface area contributed by atoms with E-state index >= 15 is 0 Å². The van der Waals surface area contributed by atoms with Crippen molar-refractivity contribution >= 4 is 11.8 Å². The van der Waals surface area contributed by atoms with E-state index in [1.165, 1.54) is 0 Å². The molecule has 0 saturated heterocycles. The number of nitrogens with zero attached hydrogens (tertiary/aromatic N) is 1. The summed E-state index contributed by atoms with van der Waals surface area (Å²) in [7, 11) is 0. The molecule has 14 heavy (non-hydrogen) atoms. The lowest BCUT2D eigenvalue weighted by Crippen LogP contribution is -2.10. The van der Waals surface area contributed by atoms with E-state index in [0.29, 0.717) is 5.25 Å². The van der Waals surface area contributed by atoms with Crippen molar-refractivity contribution in [2.24, 2.45) is 0 Å². The van der Waals surface area contributed by atoms with Gasteiger partial charge in [-0.25, -0.2) is 0 Å². The first kappa shape index (κ1) is 11.3. The van der Waals surface area contributed by atoms with Crippen molar-refractivity contribution in [2.45, 2.75) is 44.0 Å². The highest BCUT2D eigenvalue weighted by atomic mass is 32.2. The summed E-state index contributed by atoms with van der Waals surface area (Å²) in [6.45, 7) is 6.25. The van der Waals surface area contributed by atoms with Crippen molar-refractivity contribution in [1.29, 1.82) is 0 Å². The van der Waals surface area contributed by atoms with Crippen LogP contribution in [-0.2, 0) is 6.42 Å². The van der Waals surface area contributed by atoms with E-state index in [2.05, 4.69) is 30.7 Å². The molecule has 1 N–H and O–H groups in total. The number of nitrogens with one attached hydrogen (secondary N) is 1. The van der Waals surface area contributed by atoms with Crippen molar-refractivity contribution < 1.29 is 0 Å². The van der Waals surface area contributed by atoms with Gasteiger partial charge < -0.3 is 4.98 Å². The van der Waals surface area contributed by atoms with Crippen LogP contribution >= 0.6 is 11.8 Å². The summed E-state index contributed by atoms with van der Waals surface area (Å²) >= 11 is 1.59. The van der Waals surface area contributed by atoms with E-state index in [-0.39, 0.29) is 5.56 Å². The Bertz CT molecular complexity index is 346. The van der Waals surface area contributed by atoms with Crippen LogP contribution in [0, 0.1) is 0 Å². The van der Waals surface area contributed by atoms with Crippen LogP contribution in [0.1, 0.15) is 32.9 Å². The number of hydrogen-bond donors (Lipinski definition) is 1. The van der Waals surface area contributed by atoms with Crippen LogP contribution in [0.5, 0.6) is 0 Å². The number of rotatable bonds is 4. The molecule has 0 fully saturated rings. The van der Waals surface area contributed by atoms with Crippen LogP contribution in [-0.4, -0.2) is 15.2 Å². The Hall–Kier alpha value is -0.770. The third-order valence-electron chi connectivity index (χ3n) is 1.64. The zero-order chi connectivity index (χ0) is 10.6. The summed E-state index contributed by atoms with van der Waals surface area (Å²) in [5, 5.41) is 1.17. The van der Waals surface area contributed by atoms with Gasteiger partial charge >= 0.3 is 0 Å². The molecule has 1 aromatic heterocycles. The first-order valence-electron chi connectivity index (χ1n) is 4.88. The molecule has 0 saturated carbocycles. The van der Waals surface area contributed by atoms with Crippen LogP contribution in [0.15, 0.2) is 16.0 Å². The van der Waals surface area contributed by atoms with Crippen LogP contribution in [0.2, 0.25) is 0 Å². The van der Waals surface area contributed by atoms with Gasteiger partial charge in [0.25, 0.3) is 5.56 Å². The van der Waals surface area contributed by atoms with Gasteiger partial charge in [0.2, 0.25) is 0 Å². The van der Waals surface area contributed by atoms with Gasteiger partial charge in [0.15, 0.2) is 5.16 Å². The Morgan fingerprint density at radius 2 is 2.29 bits per heavy atom. The SMILES string of the molecule is CCCc1cc(=O)nc(SC(C)C)[nH]1. The molecular weight excluding hydrogens is 196 g/mol. The molecule has 4 heteroatoms. The van der Waals surface area contributed by atoms with Crippen LogP contribution in [0.3, 0.4) is 0 Å². The van der Waals surface area contributed by atoms with E-state index in [4.69, 9.17) is 0 Å². The molecule has 0 atom stereocenters. The van der Waals surface area contributed by atoms with Gasteiger partial charge in [-0.1, -0.05) is 39.0 Å². The van der Waals surface area contributed by atoms with Gasteiger partial charge in [-0.2, -0.15) is 4.98 Å². The number of thioether (sulfide) groups is 1. The molecular formula is C10H16N2OS. The molecule has 3 nitrogen and oxygen atoms in total. The van der Waals surface area contributed by atoms with Gasteiger partial charge in [-0.05, 0) is 6.42 Å². The van der Waals surface area contributed by atoms with Gasteiger partial charge in [-0.3, -0.25) is 4.79 Å². The maximum absolute atomic E-state index is 11.2. The summed E-state index contributed by atoms with van der Waals surface area (Å²) in [5.41, 5.74) is 0.839. The van der Waals surface area contributed by atoms with E-state index in [9.17, 15) is 4.79 Å². The summed E-state index contributed by atoms with van der Waals surface area (Å²) in [6.07, 6.45) is 1.94. The third-order valence-corrected chi connectivity index (χ3v) is 2.53. The fourth-order valence-corrected chi connectivity index (χ4v) is 1.95. The van der Waals surface area contributed by atoms with Gasteiger partial charge in [0, 0.05) is 17.0 Å². The van der Waals surface area contributed by atoms with Crippen molar-refractivity contribution in [1.82, 2.24) is 9.97 Å². The first-order valence-corrected chi connectivity index (χ1v) is 5.76. The standard InChI is InChI=1S/C10H16N2OS/c1-4-5-8-6-9(13)12-10(11-8)14-7(2)3/h6-7H,4-5H2,1-3H3,(H,11,12,13). The van der Waals surface area contributed by atoms with E-state index in [1.54, 1.807) is 17.8 Å². The Morgan fingerprint density at radius 3 is 2.86 bits per heavy atom. The topological polar surface area (TPSA) is 45.8 Å². The molecule has 0 aliphatic carbocycles. The molecule has 0 aromatic carbocycles. The lowest BCUT2D eigenvalue weighted by molar-refractivity contribution is 0.814. The Morgan fingerprint density at radius 1 is 1.57 bits per heavy atom. The average molecular weight is 212 g/mol. The fourth-order valence-electron chi connectivity index (χ4n) is 1.17. The zero-order valence-corrected chi connectivity index (χ0v) is 9.65. The molecule has 0 bridgehead atoms. The lowest BCUT2D eigenvalue weighted by Gasteiger charge is -2.05. The number of aryl methyl sites for hydroxylation is 1. The Balaban J connectivity index is 2.89. The quantitative estimate of drug-likeness (QED) is 0.615. The van der Waals surface area contributed by atoms with E-state index in [0.717, 1.165) is 23.7 Å². The highest BCUT2D eigenvalue weighted by molar-refractivity contribution is 7.99. The van der Waals surface area contributed by atoms with E-state index in [1.807, 2.05) is 0 Å². The minimum Gasteiger partial charge on any atom is -0.338 e. The van der Waals surface area contributed by atoms with Crippen LogP contribution in [0.4, 0.5) is 0 Å². The highest BCUT2D eigenvalue weighted by Crippen LogP contribution is 2.17. The van der Waals surface area contributed by atoms with Gasteiger partial charge in [-0.15, -0.1) is 0 Å². The Labute approximate surface area is 88.3 Å². The molecule has 0 unspecified atom stereocenters. The fraction of sp³-hybridized carbons (Fsp3) is 0.600. The summed E-state index contributed by atoms with van der Waals surface area (Å²) in [4.78, 5) is 18.3. The molecule has 1 aromatic rings. The molecule has 1 rings (SSSR count). The summed E-state index contributed by atoms with van der Waals surface area (Å²) in [5.74, 6) is 0. The minimum atomic E-state index is -0.143. The second-order valence-electron chi connectivity index (χ2n) is 3.47. The number of aromatic amines is 1. The third kappa shape index (κ3) is 3.54. The number of aromatic nitrogens is 2. The predicted octanol–water partition coefficient (Wildman–Crippen LogP) is 2.22. The van der Waals surface area contributed by atoms with Crippen molar-refractivity contribution in [2.75, 3.05) is 0 Å².